The Morgan fingerprint density at radius 3 is 2.78 bits per heavy atom. The summed E-state index contributed by atoms with van der Waals surface area (Å²) in [4.78, 5) is 1.29. The van der Waals surface area contributed by atoms with Crippen LogP contribution < -0.4 is 11.3 Å². The van der Waals surface area contributed by atoms with Crippen molar-refractivity contribution in [3.63, 3.8) is 0 Å². The number of thiophene rings is 1. The lowest BCUT2D eigenvalue weighted by molar-refractivity contribution is 0.524. The van der Waals surface area contributed by atoms with Crippen molar-refractivity contribution in [1.29, 1.82) is 0 Å². The Morgan fingerprint density at radius 1 is 1.33 bits per heavy atom. The molecule has 0 aliphatic carbocycles. The van der Waals surface area contributed by atoms with Gasteiger partial charge in [-0.05, 0) is 57.9 Å². The summed E-state index contributed by atoms with van der Waals surface area (Å²) >= 11 is 4.91. The predicted octanol–water partition coefficient (Wildman–Crippen LogP) is 3.27. The van der Waals surface area contributed by atoms with E-state index in [0.717, 1.165) is 18.4 Å². The number of nitrogens with two attached hydrogens (primary N) is 1. The average molecular weight is 329 g/mol. The highest BCUT2D eigenvalue weighted by atomic mass is 79.9. The summed E-state index contributed by atoms with van der Waals surface area (Å²) in [5.41, 5.74) is 3.88. The molecule has 2 aromatic rings. The zero-order valence-corrected chi connectivity index (χ0v) is 12.1. The van der Waals surface area contributed by atoms with Crippen LogP contribution in [0.4, 0.5) is 4.39 Å². The summed E-state index contributed by atoms with van der Waals surface area (Å²) in [7, 11) is 0. The average Bonchev–Trinajstić information content (AvgIpc) is 2.86. The van der Waals surface area contributed by atoms with Crippen LogP contribution in [0.25, 0.3) is 0 Å². The number of hydrazine groups is 1. The number of hydrogen-bond donors (Lipinski definition) is 2. The van der Waals surface area contributed by atoms with Gasteiger partial charge in [0, 0.05) is 10.9 Å². The van der Waals surface area contributed by atoms with Crippen LogP contribution in [0.15, 0.2) is 40.2 Å². The van der Waals surface area contributed by atoms with Gasteiger partial charge in [0.25, 0.3) is 0 Å². The fourth-order valence-electron chi connectivity index (χ4n) is 1.81. The Kier molecular flexibility index (Phi) is 4.88. The van der Waals surface area contributed by atoms with Crippen LogP contribution in [0, 0.1) is 5.82 Å². The predicted molar refractivity (Wildman–Crippen MR) is 76.9 cm³/mol. The third-order valence-electron chi connectivity index (χ3n) is 2.73. The minimum Gasteiger partial charge on any atom is -0.271 e. The second-order valence-electron chi connectivity index (χ2n) is 4.10. The number of rotatable bonds is 5. The molecular weight excluding hydrogens is 315 g/mol. The first kappa shape index (κ1) is 13.7. The molecule has 1 heterocycles. The van der Waals surface area contributed by atoms with E-state index in [1.165, 1.54) is 10.9 Å². The third-order valence-corrected chi connectivity index (χ3v) is 4.24. The van der Waals surface area contributed by atoms with Crippen molar-refractivity contribution in [3.05, 3.63) is 56.4 Å². The van der Waals surface area contributed by atoms with Gasteiger partial charge in [-0.2, -0.15) is 0 Å². The Bertz CT molecular complexity index is 502. The van der Waals surface area contributed by atoms with E-state index in [0.29, 0.717) is 4.47 Å². The monoisotopic (exact) mass is 328 g/mol. The van der Waals surface area contributed by atoms with Crippen molar-refractivity contribution < 1.29 is 4.39 Å². The van der Waals surface area contributed by atoms with Crippen molar-refractivity contribution in [2.75, 3.05) is 0 Å². The van der Waals surface area contributed by atoms with Gasteiger partial charge >= 0.3 is 0 Å². The van der Waals surface area contributed by atoms with Crippen LogP contribution >= 0.6 is 27.3 Å². The summed E-state index contributed by atoms with van der Waals surface area (Å²) in [6.45, 7) is 0. The molecule has 0 bridgehead atoms. The maximum atomic E-state index is 13.1. The molecule has 0 spiro atoms. The van der Waals surface area contributed by atoms with Crippen LogP contribution in [-0.2, 0) is 12.8 Å². The van der Waals surface area contributed by atoms with Crippen molar-refractivity contribution in [2.45, 2.75) is 18.9 Å². The summed E-state index contributed by atoms with van der Waals surface area (Å²) in [6.07, 6.45) is 1.65. The van der Waals surface area contributed by atoms with E-state index >= 15 is 0 Å². The molecule has 1 unspecified atom stereocenters. The van der Waals surface area contributed by atoms with Crippen molar-refractivity contribution in [3.8, 4) is 0 Å². The second-order valence-corrected chi connectivity index (χ2v) is 5.99. The number of nitrogens with one attached hydrogen (secondary N) is 1. The normalized spacial score (nSPS) is 12.6. The van der Waals surface area contributed by atoms with Gasteiger partial charge in [-0.3, -0.25) is 11.3 Å². The van der Waals surface area contributed by atoms with Gasteiger partial charge in [0.2, 0.25) is 0 Å². The summed E-state index contributed by atoms with van der Waals surface area (Å²) in [5, 5.41) is 2.05. The first-order chi connectivity index (χ1) is 8.69. The lowest BCUT2D eigenvalue weighted by atomic mass is 10.0. The highest BCUT2D eigenvalue weighted by Gasteiger charge is 2.10. The zero-order chi connectivity index (χ0) is 13.0. The topological polar surface area (TPSA) is 38.0 Å². The third kappa shape index (κ3) is 3.62. The molecule has 0 fully saturated rings. The molecule has 0 saturated heterocycles. The van der Waals surface area contributed by atoms with E-state index in [4.69, 9.17) is 5.84 Å². The van der Waals surface area contributed by atoms with Crippen LogP contribution in [0.1, 0.15) is 10.4 Å². The molecule has 0 aliphatic heterocycles. The zero-order valence-electron chi connectivity index (χ0n) is 9.70. The Balaban J connectivity index is 2.03. The van der Waals surface area contributed by atoms with Crippen molar-refractivity contribution >= 4 is 27.3 Å². The summed E-state index contributed by atoms with van der Waals surface area (Å²) in [5.74, 6) is 5.33. The van der Waals surface area contributed by atoms with E-state index in [1.54, 1.807) is 23.5 Å². The van der Waals surface area contributed by atoms with Gasteiger partial charge in [0.1, 0.15) is 5.82 Å². The number of hydrogen-bond acceptors (Lipinski definition) is 3. The maximum Gasteiger partial charge on any atom is 0.137 e. The number of benzene rings is 1. The molecule has 0 amide bonds. The fourth-order valence-corrected chi connectivity index (χ4v) is 3.03. The minimum atomic E-state index is -0.241. The van der Waals surface area contributed by atoms with Gasteiger partial charge in [-0.15, -0.1) is 11.3 Å². The molecule has 0 radical (unpaired) electrons. The first-order valence-electron chi connectivity index (χ1n) is 5.61. The molecule has 5 heteroatoms. The molecule has 18 heavy (non-hydrogen) atoms. The van der Waals surface area contributed by atoms with Gasteiger partial charge in [-0.1, -0.05) is 12.1 Å². The van der Waals surface area contributed by atoms with Crippen LogP contribution in [0.2, 0.25) is 0 Å². The molecule has 3 N–H and O–H groups in total. The highest BCUT2D eigenvalue weighted by molar-refractivity contribution is 9.10. The summed E-state index contributed by atoms with van der Waals surface area (Å²) in [6, 6.07) is 9.34. The largest absolute Gasteiger partial charge is 0.271 e. The smallest absolute Gasteiger partial charge is 0.137 e. The van der Waals surface area contributed by atoms with E-state index in [9.17, 15) is 4.39 Å². The van der Waals surface area contributed by atoms with Crippen LogP contribution in [-0.4, -0.2) is 6.04 Å². The molecule has 1 aromatic carbocycles. The Morgan fingerprint density at radius 2 is 2.17 bits per heavy atom. The second kappa shape index (κ2) is 6.43. The van der Waals surface area contributed by atoms with Gasteiger partial charge < -0.3 is 0 Å². The fraction of sp³-hybridized carbons (Fsp3) is 0.231. The molecule has 96 valence electrons. The van der Waals surface area contributed by atoms with Gasteiger partial charge in [0.15, 0.2) is 0 Å². The van der Waals surface area contributed by atoms with Crippen molar-refractivity contribution in [1.82, 2.24) is 5.43 Å². The lowest BCUT2D eigenvalue weighted by Gasteiger charge is -2.15. The van der Waals surface area contributed by atoms with E-state index in [2.05, 4.69) is 32.8 Å². The molecule has 0 aliphatic rings. The molecular formula is C13H14BrFN2S. The standard InChI is InChI=1S/C13H14BrFN2S/c14-12-7-9(3-4-13(12)15)6-10(17-16)8-11-2-1-5-18-11/h1-5,7,10,17H,6,8,16H2. The molecule has 1 atom stereocenters. The maximum absolute atomic E-state index is 13.1. The SMILES string of the molecule is NNC(Cc1ccc(F)c(Br)c1)Cc1cccs1. The molecule has 2 rings (SSSR count). The molecule has 2 nitrogen and oxygen atoms in total. The van der Waals surface area contributed by atoms with Gasteiger partial charge in [0.05, 0.1) is 4.47 Å². The van der Waals surface area contributed by atoms with Gasteiger partial charge in [-0.25, -0.2) is 4.39 Å². The van der Waals surface area contributed by atoms with Crippen molar-refractivity contribution in [2.24, 2.45) is 5.84 Å². The Labute approximate surface area is 118 Å². The van der Waals surface area contributed by atoms with E-state index in [1.807, 2.05) is 6.07 Å². The quantitative estimate of drug-likeness (QED) is 0.653. The van der Waals surface area contributed by atoms with Crippen LogP contribution in [0.3, 0.4) is 0 Å². The lowest BCUT2D eigenvalue weighted by Crippen LogP contribution is -2.38. The summed E-state index contributed by atoms with van der Waals surface area (Å²) < 4.78 is 13.6. The van der Waals surface area contributed by atoms with Crippen LogP contribution in [0.5, 0.6) is 0 Å². The molecule has 1 aromatic heterocycles. The minimum absolute atomic E-state index is 0.154. The Hall–Kier alpha value is -0.750. The number of halogens is 2. The van der Waals surface area contributed by atoms with E-state index in [-0.39, 0.29) is 11.9 Å². The first-order valence-corrected chi connectivity index (χ1v) is 7.28. The molecule has 0 saturated carbocycles. The van der Waals surface area contributed by atoms with E-state index < -0.39 is 0 Å². The highest BCUT2D eigenvalue weighted by Crippen LogP contribution is 2.19.